The summed E-state index contributed by atoms with van der Waals surface area (Å²) in [5, 5.41) is 37.8. The van der Waals surface area contributed by atoms with Gasteiger partial charge in [0.1, 0.15) is 23.2 Å². The lowest BCUT2D eigenvalue weighted by Gasteiger charge is -2.14. The third-order valence-electron chi connectivity index (χ3n) is 6.71. The lowest BCUT2D eigenvalue weighted by atomic mass is 9.96. The van der Waals surface area contributed by atoms with Crippen molar-refractivity contribution in [3.8, 4) is 34.0 Å². The van der Waals surface area contributed by atoms with Crippen LogP contribution in [0.25, 0.3) is 33.5 Å². The maximum atomic E-state index is 13.3. The Kier molecular flexibility index (Phi) is 11.1. The minimum absolute atomic E-state index is 0.0294. The average molecular weight is 641 g/mol. The van der Waals surface area contributed by atoms with E-state index in [1.165, 1.54) is 12.1 Å². The molecule has 14 nitrogen and oxygen atoms in total. The molecule has 0 aliphatic carbocycles. The molecule has 1 aromatic heterocycles. The summed E-state index contributed by atoms with van der Waals surface area (Å²) in [7, 11) is -4.15. The van der Waals surface area contributed by atoms with E-state index in [1.807, 2.05) is 6.92 Å². The van der Waals surface area contributed by atoms with Gasteiger partial charge in [0, 0.05) is 42.0 Å². The number of phenols is 2. The normalized spacial score (nSPS) is 11.6. The summed E-state index contributed by atoms with van der Waals surface area (Å²) in [5.74, 6) is -1.19. The maximum Gasteiger partial charge on any atom is 0.251 e. The molecular weight excluding hydrogens is 604 g/mol. The molecule has 0 atom stereocenters. The number of nitrogens with zero attached hydrogens (tertiary/aromatic N) is 1. The first-order valence-corrected chi connectivity index (χ1v) is 15.6. The van der Waals surface area contributed by atoms with Crippen molar-refractivity contribution in [2.24, 2.45) is 10.9 Å². The van der Waals surface area contributed by atoms with E-state index in [0.29, 0.717) is 62.7 Å². The Labute approximate surface area is 259 Å². The summed E-state index contributed by atoms with van der Waals surface area (Å²) in [6.07, 6.45) is 0.516. The molecule has 0 aliphatic rings. The highest BCUT2D eigenvalue weighted by Crippen LogP contribution is 2.42. The van der Waals surface area contributed by atoms with Gasteiger partial charge in [-0.05, 0) is 61.9 Å². The molecule has 1 amide bonds. The average Bonchev–Trinajstić information content (AvgIpc) is 3.43. The van der Waals surface area contributed by atoms with Crippen LogP contribution in [-0.2, 0) is 24.2 Å². The van der Waals surface area contributed by atoms with E-state index in [2.05, 4.69) is 15.3 Å². The minimum atomic E-state index is -4.15. The standard InChI is InChI=1S/C30H36N6O8S/c1-2-42-10-11-44-13-12-43-9-3-8-34-30(39)19-14-22(21-17-20(45(33,40)41)5-7-26(21)37)27(38)23(15-19)29-35-24-6-4-18(28(31)32)16-25(24)36-29/h4-7,14-17,37-38H,2-3,8-13H2,1H3,(H3,31,32)(H,34,39)(H,35,36)(H2,33,40,41). The van der Waals surface area contributed by atoms with Crippen molar-refractivity contribution in [2.45, 2.75) is 18.2 Å². The molecule has 9 N–H and O–H groups in total. The molecule has 0 bridgehead atoms. The third kappa shape index (κ3) is 8.55. The molecule has 0 spiro atoms. The number of hydrogen-bond donors (Lipinski definition) is 7. The molecule has 0 saturated carbocycles. The number of amides is 1. The van der Waals surface area contributed by atoms with Crippen LogP contribution in [0.5, 0.6) is 11.5 Å². The number of amidine groups is 1. The molecule has 1 heterocycles. The summed E-state index contributed by atoms with van der Waals surface area (Å²) >= 11 is 0. The summed E-state index contributed by atoms with van der Waals surface area (Å²) in [6, 6.07) is 11.0. The van der Waals surface area contributed by atoms with Gasteiger partial charge in [-0.3, -0.25) is 10.2 Å². The molecule has 0 fully saturated rings. The molecule has 240 valence electrons. The zero-order valence-corrected chi connectivity index (χ0v) is 25.4. The molecule has 4 rings (SSSR count). The number of aromatic nitrogens is 2. The van der Waals surface area contributed by atoms with Crippen molar-refractivity contribution in [3.63, 3.8) is 0 Å². The fraction of sp³-hybridized carbons (Fsp3) is 0.300. The predicted molar refractivity (Wildman–Crippen MR) is 168 cm³/mol. The summed E-state index contributed by atoms with van der Waals surface area (Å²) in [5.41, 5.74) is 7.19. The van der Waals surface area contributed by atoms with Gasteiger partial charge in [0.2, 0.25) is 10.0 Å². The van der Waals surface area contributed by atoms with Gasteiger partial charge < -0.3 is 40.5 Å². The van der Waals surface area contributed by atoms with Crippen LogP contribution in [0.15, 0.2) is 53.4 Å². The Morgan fingerprint density at radius 1 is 0.933 bits per heavy atom. The molecule has 0 aliphatic heterocycles. The first kappa shape index (κ1) is 33.4. The number of nitrogen functional groups attached to an aromatic ring is 1. The Bertz CT molecular complexity index is 1790. The predicted octanol–water partition coefficient (Wildman–Crippen LogP) is 2.43. The Morgan fingerprint density at radius 2 is 1.62 bits per heavy atom. The van der Waals surface area contributed by atoms with E-state index >= 15 is 0 Å². The number of imidazole rings is 1. The van der Waals surface area contributed by atoms with E-state index in [9.17, 15) is 23.4 Å². The number of nitrogens with one attached hydrogen (secondary N) is 3. The number of fused-ring (bicyclic) bond motifs is 1. The van der Waals surface area contributed by atoms with Gasteiger partial charge in [-0.1, -0.05) is 0 Å². The Morgan fingerprint density at radius 3 is 2.31 bits per heavy atom. The van der Waals surface area contributed by atoms with Gasteiger partial charge >= 0.3 is 0 Å². The van der Waals surface area contributed by atoms with Gasteiger partial charge in [-0.25, -0.2) is 18.5 Å². The quantitative estimate of drug-likeness (QED) is 0.0536. The van der Waals surface area contributed by atoms with Gasteiger partial charge in [0.25, 0.3) is 5.91 Å². The van der Waals surface area contributed by atoms with Crippen molar-refractivity contribution >= 4 is 32.8 Å². The number of phenolic OH excluding ortho intramolecular Hbond substituents is 2. The monoisotopic (exact) mass is 640 g/mol. The molecule has 15 heteroatoms. The van der Waals surface area contributed by atoms with Crippen molar-refractivity contribution in [1.82, 2.24) is 15.3 Å². The largest absolute Gasteiger partial charge is 0.507 e. The number of carbonyl (C=O) groups is 1. The van der Waals surface area contributed by atoms with Crippen LogP contribution >= 0.6 is 0 Å². The number of nitrogens with two attached hydrogens (primary N) is 2. The number of sulfonamides is 1. The summed E-state index contributed by atoms with van der Waals surface area (Å²) < 4.78 is 40.2. The second-order valence-electron chi connectivity index (χ2n) is 9.91. The lowest BCUT2D eigenvalue weighted by molar-refractivity contribution is 0.0166. The number of benzene rings is 3. The topological polar surface area (TPSA) is 236 Å². The number of aromatic hydroxyl groups is 2. The van der Waals surface area contributed by atoms with Gasteiger partial charge in [0.15, 0.2) is 0 Å². The van der Waals surface area contributed by atoms with Crippen LogP contribution in [0.3, 0.4) is 0 Å². The van der Waals surface area contributed by atoms with Crippen LogP contribution in [0, 0.1) is 5.41 Å². The number of primary sulfonamides is 1. The highest BCUT2D eigenvalue weighted by Gasteiger charge is 2.22. The fourth-order valence-corrected chi connectivity index (χ4v) is 4.96. The summed E-state index contributed by atoms with van der Waals surface area (Å²) in [4.78, 5) is 20.6. The number of H-pyrrole nitrogens is 1. The SMILES string of the molecule is CCOCCOCCOCCCNC(=O)c1cc(-c2nc3cc(C(=N)N)ccc3[nH]2)c(O)c(-c2cc(S(N)(=O)=O)ccc2O)c1. The Balaban J connectivity index is 1.59. The zero-order valence-electron chi connectivity index (χ0n) is 24.6. The molecule has 0 saturated heterocycles. The highest BCUT2D eigenvalue weighted by molar-refractivity contribution is 7.89. The Hall–Kier alpha value is -4.54. The third-order valence-corrected chi connectivity index (χ3v) is 7.62. The molecule has 0 unspecified atom stereocenters. The smallest absolute Gasteiger partial charge is 0.251 e. The molecule has 3 aromatic carbocycles. The van der Waals surface area contributed by atoms with Crippen LogP contribution in [-0.4, -0.2) is 86.5 Å². The van der Waals surface area contributed by atoms with E-state index in [-0.39, 0.29) is 56.9 Å². The highest BCUT2D eigenvalue weighted by atomic mass is 32.2. The van der Waals surface area contributed by atoms with E-state index in [4.69, 9.17) is 30.5 Å². The van der Waals surface area contributed by atoms with Crippen molar-refractivity contribution in [2.75, 3.05) is 46.2 Å². The van der Waals surface area contributed by atoms with Crippen LogP contribution in [0.1, 0.15) is 29.3 Å². The van der Waals surface area contributed by atoms with Gasteiger partial charge in [-0.15, -0.1) is 0 Å². The number of carbonyl (C=O) groups excluding carboxylic acids is 1. The van der Waals surface area contributed by atoms with Crippen molar-refractivity contribution in [1.29, 1.82) is 5.41 Å². The first-order chi connectivity index (χ1) is 21.5. The maximum absolute atomic E-state index is 13.3. The van der Waals surface area contributed by atoms with Crippen molar-refractivity contribution in [3.05, 3.63) is 59.7 Å². The van der Waals surface area contributed by atoms with Crippen LogP contribution in [0.2, 0.25) is 0 Å². The number of aromatic amines is 1. The van der Waals surface area contributed by atoms with E-state index in [0.717, 1.165) is 18.2 Å². The summed E-state index contributed by atoms with van der Waals surface area (Å²) in [6.45, 7) is 5.05. The second kappa shape index (κ2) is 15.0. The minimum Gasteiger partial charge on any atom is -0.507 e. The van der Waals surface area contributed by atoms with E-state index in [1.54, 1.807) is 18.2 Å². The molecular formula is C30H36N6O8S. The number of hydrogen-bond acceptors (Lipinski definition) is 10. The van der Waals surface area contributed by atoms with Gasteiger partial charge in [-0.2, -0.15) is 0 Å². The van der Waals surface area contributed by atoms with Gasteiger partial charge in [0.05, 0.1) is 47.9 Å². The fourth-order valence-electron chi connectivity index (χ4n) is 4.42. The second-order valence-corrected chi connectivity index (χ2v) is 11.5. The van der Waals surface area contributed by atoms with Crippen LogP contribution < -0.4 is 16.2 Å². The number of ether oxygens (including phenoxy) is 3. The lowest BCUT2D eigenvalue weighted by Crippen LogP contribution is -2.25. The molecule has 0 radical (unpaired) electrons. The van der Waals surface area contributed by atoms with E-state index < -0.39 is 15.9 Å². The number of rotatable bonds is 16. The molecule has 45 heavy (non-hydrogen) atoms. The van der Waals surface area contributed by atoms with Crippen molar-refractivity contribution < 1.29 is 37.6 Å². The first-order valence-electron chi connectivity index (χ1n) is 14.1. The zero-order chi connectivity index (χ0) is 32.6. The molecule has 4 aromatic rings. The van der Waals surface area contributed by atoms with Crippen LogP contribution in [0.4, 0.5) is 0 Å².